The molecule has 4 aromatic rings. The fraction of sp³-hybridized carbons (Fsp3) is 0.286. The van der Waals surface area contributed by atoms with Crippen LogP contribution in [0.4, 0.5) is 36.8 Å². The van der Waals surface area contributed by atoms with E-state index in [1.807, 2.05) is 13.8 Å². The van der Waals surface area contributed by atoms with Crippen LogP contribution in [-0.4, -0.2) is 33.8 Å². The van der Waals surface area contributed by atoms with Crippen molar-refractivity contribution in [1.82, 2.24) is 14.7 Å². The lowest BCUT2D eigenvalue weighted by atomic mass is 10.0. The van der Waals surface area contributed by atoms with E-state index < -0.39 is 46.8 Å². The normalized spacial score (nSPS) is 11.7. The predicted molar refractivity (Wildman–Crippen MR) is 137 cm³/mol. The van der Waals surface area contributed by atoms with Gasteiger partial charge in [-0.1, -0.05) is 38.1 Å². The van der Waals surface area contributed by atoms with Crippen LogP contribution in [0.5, 0.6) is 0 Å². The lowest BCUT2D eigenvalue weighted by Crippen LogP contribution is -2.36. The third-order valence-electron chi connectivity index (χ3n) is 6.17. The molecule has 4 rings (SSSR count). The molecule has 0 aliphatic carbocycles. The van der Waals surface area contributed by atoms with Gasteiger partial charge in [-0.2, -0.15) is 18.3 Å². The number of hydrogen-bond donors (Lipinski definition) is 1. The molecule has 2 amide bonds. The largest absolute Gasteiger partial charge is 0.418 e. The number of urea groups is 1. The van der Waals surface area contributed by atoms with Gasteiger partial charge >= 0.3 is 12.2 Å². The molecule has 0 radical (unpaired) electrons. The van der Waals surface area contributed by atoms with E-state index >= 15 is 0 Å². The molecular weight excluding hydrogens is 522 g/mol. The van der Waals surface area contributed by atoms with Crippen LogP contribution in [0.1, 0.15) is 37.8 Å². The molecule has 1 heterocycles. The Kier molecular flexibility index (Phi) is 8.17. The van der Waals surface area contributed by atoms with E-state index in [4.69, 9.17) is 0 Å². The molecule has 0 saturated carbocycles. The molecule has 0 bridgehead atoms. The Hall–Kier alpha value is -4.02. The summed E-state index contributed by atoms with van der Waals surface area (Å²) in [5, 5.41) is 7.00. The standard InChI is InChI=1S/C28H26F6N4O/c1-3-12-37(13-4-2)27(39)35-19-10-8-17(9-11-19)26-20-6-5-7-22(28(32,33)34)25(20)36-38(26)16-21-23(30)14-18(29)15-24(21)31/h5-11,14-15H,3-4,12-13,16H2,1-2H3,(H,35,39). The van der Waals surface area contributed by atoms with Gasteiger partial charge in [0.05, 0.1) is 17.8 Å². The molecule has 3 aromatic carbocycles. The van der Waals surface area contributed by atoms with Crippen LogP contribution in [0, 0.1) is 17.5 Å². The fourth-order valence-corrected chi connectivity index (χ4v) is 4.44. The Morgan fingerprint density at radius 3 is 2.13 bits per heavy atom. The highest BCUT2D eigenvalue weighted by Gasteiger charge is 2.34. The number of nitrogens with one attached hydrogen (secondary N) is 1. The summed E-state index contributed by atoms with van der Waals surface area (Å²) in [4.78, 5) is 14.3. The Morgan fingerprint density at radius 1 is 0.949 bits per heavy atom. The number of carbonyl (C=O) groups is 1. The molecule has 0 aliphatic rings. The zero-order valence-corrected chi connectivity index (χ0v) is 21.2. The van der Waals surface area contributed by atoms with Crippen LogP contribution in [-0.2, 0) is 12.7 Å². The third-order valence-corrected chi connectivity index (χ3v) is 6.17. The fourth-order valence-electron chi connectivity index (χ4n) is 4.44. The Balaban J connectivity index is 1.78. The summed E-state index contributed by atoms with van der Waals surface area (Å²) in [6.07, 6.45) is -3.14. The van der Waals surface area contributed by atoms with Crippen molar-refractivity contribution in [3.8, 4) is 11.3 Å². The van der Waals surface area contributed by atoms with Gasteiger partial charge < -0.3 is 10.2 Å². The third kappa shape index (κ3) is 6.02. The van der Waals surface area contributed by atoms with Crippen LogP contribution < -0.4 is 5.32 Å². The molecule has 39 heavy (non-hydrogen) atoms. The van der Waals surface area contributed by atoms with Gasteiger partial charge in [0.25, 0.3) is 0 Å². The SMILES string of the molecule is CCCN(CCC)C(=O)Nc1ccc(-c2c3cccc(C(F)(F)F)c3nn2Cc2c(F)cc(F)cc2F)cc1. The first kappa shape index (κ1) is 28.0. The summed E-state index contributed by atoms with van der Waals surface area (Å²) in [7, 11) is 0. The Labute approximate surface area is 221 Å². The minimum absolute atomic E-state index is 0.113. The molecule has 1 N–H and O–H groups in total. The predicted octanol–water partition coefficient (Wildman–Crippen LogP) is 7.84. The van der Waals surface area contributed by atoms with Crippen molar-refractivity contribution in [2.75, 3.05) is 18.4 Å². The van der Waals surface area contributed by atoms with Crippen LogP contribution in [0.3, 0.4) is 0 Å². The minimum Gasteiger partial charge on any atom is -0.325 e. The lowest BCUT2D eigenvalue weighted by Gasteiger charge is -2.22. The van der Waals surface area contributed by atoms with Crippen molar-refractivity contribution in [2.24, 2.45) is 0 Å². The molecule has 0 aliphatic heterocycles. The molecule has 5 nitrogen and oxygen atoms in total. The number of hydrogen-bond acceptors (Lipinski definition) is 2. The number of fused-ring (bicyclic) bond motifs is 1. The first-order valence-electron chi connectivity index (χ1n) is 12.4. The quantitative estimate of drug-likeness (QED) is 0.228. The zero-order valence-electron chi connectivity index (χ0n) is 21.2. The lowest BCUT2D eigenvalue weighted by molar-refractivity contribution is -0.136. The molecule has 206 valence electrons. The molecule has 0 fully saturated rings. The van der Waals surface area contributed by atoms with E-state index in [9.17, 15) is 31.1 Å². The highest BCUT2D eigenvalue weighted by molar-refractivity contribution is 5.96. The minimum atomic E-state index is -4.72. The molecule has 1 aromatic heterocycles. The zero-order chi connectivity index (χ0) is 28.3. The van der Waals surface area contributed by atoms with E-state index in [-0.39, 0.29) is 17.1 Å². The smallest absolute Gasteiger partial charge is 0.325 e. The van der Waals surface area contributed by atoms with Gasteiger partial charge in [-0.15, -0.1) is 0 Å². The summed E-state index contributed by atoms with van der Waals surface area (Å²) in [6, 6.07) is 10.6. The van der Waals surface area contributed by atoms with Crippen LogP contribution in [0.25, 0.3) is 22.2 Å². The van der Waals surface area contributed by atoms with Gasteiger partial charge in [0.1, 0.15) is 23.0 Å². The van der Waals surface area contributed by atoms with Gasteiger partial charge in [-0.05, 0) is 31.0 Å². The maximum Gasteiger partial charge on any atom is 0.418 e. The highest BCUT2D eigenvalue weighted by atomic mass is 19.4. The first-order valence-corrected chi connectivity index (χ1v) is 12.4. The van der Waals surface area contributed by atoms with Gasteiger partial charge in [-0.25, -0.2) is 18.0 Å². The number of carbonyl (C=O) groups excluding carboxylic acids is 1. The maximum absolute atomic E-state index is 14.5. The summed E-state index contributed by atoms with van der Waals surface area (Å²) in [5.74, 6) is -3.49. The number of rotatable bonds is 8. The summed E-state index contributed by atoms with van der Waals surface area (Å²) in [5.41, 5.74) is -0.906. The highest BCUT2D eigenvalue weighted by Crippen LogP contribution is 2.38. The average molecular weight is 549 g/mol. The molecule has 0 saturated heterocycles. The molecule has 0 atom stereocenters. The second-order valence-electron chi connectivity index (χ2n) is 9.05. The van der Waals surface area contributed by atoms with E-state index in [1.165, 1.54) is 12.1 Å². The van der Waals surface area contributed by atoms with Crippen LogP contribution in [0.2, 0.25) is 0 Å². The summed E-state index contributed by atoms with van der Waals surface area (Å²) >= 11 is 0. The number of halogens is 6. The number of anilines is 1. The van der Waals surface area contributed by atoms with Gasteiger partial charge in [-0.3, -0.25) is 4.68 Å². The molecule has 11 heteroatoms. The van der Waals surface area contributed by atoms with E-state index in [1.54, 1.807) is 29.2 Å². The summed E-state index contributed by atoms with van der Waals surface area (Å²) < 4.78 is 84.7. The van der Waals surface area contributed by atoms with Crippen molar-refractivity contribution >= 4 is 22.6 Å². The second kappa shape index (κ2) is 11.4. The average Bonchev–Trinajstić information content (AvgIpc) is 3.24. The number of alkyl halides is 3. The molecular formula is C28H26F6N4O. The van der Waals surface area contributed by atoms with Crippen molar-refractivity contribution in [3.63, 3.8) is 0 Å². The monoisotopic (exact) mass is 548 g/mol. The first-order chi connectivity index (χ1) is 18.5. The van der Waals surface area contributed by atoms with E-state index in [2.05, 4.69) is 10.4 Å². The van der Waals surface area contributed by atoms with Crippen molar-refractivity contribution < 1.29 is 31.1 Å². The van der Waals surface area contributed by atoms with Crippen molar-refractivity contribution in [3.05, 3.63) is 83.2 Å². The van der Waals surface area contributed by atoms with Crippen molar-refractivity contribution in [1.29, 1.82) is 0 Å². The number of nitrogens with zero attached hydrogens (tertiary/aromatic N) is 3. The second-order valence-corrected chi connectivity index (χ2v) is 9.05. The van der Waals surface area contributed by atoms with Crippen LogP contribution in [0.15, 0.2) is 54.6 Å². The molecule has 0 unspecified atom stereocenters. The topological polar surface area (TPSA) is 50.2 Å². The van der Waals surface area contributed by atoms with Crippen LogP contribution >= 0.6 is 0 Å². The maximum atomic E-state index is 14.5. The Morgan fingerprint density at radius 2 is 1.56 bits per heavy atom. The summed E-state index contributed by atoms with van der Waals surface area (Å²) in [6.45, 7) is 4.51. The van der Waals surface area contributed by atoms with Gasteiger partial charge in [0.2, 0.25) is 0 Å². The molecule has 0 spiro atoms. The Bertz CT molecular complexity index is 1450. The van der Waals surface area contributed by atoms with Crippen molar-refractivity contribution in [2.45, 2.75) is 39.4 Å². The van der Waals surface area contributed by atoms with Gasteiger partial charge in [0.15, 0.2) is 0 Å². The number of amides is 2. The number of benzene rings is 3. The van der Waals surface area contributed by atoms with E-state index in [0.717, 1.165) is 23.6 Å². The van der Waals surface area contributed by atoms with E-state index in [0.29, 0.717) is 36.5 Å². The van der Waals surface area contributed by atoms with Gasteiger partial charge in [0, 0.05) is 47.4 Å². The number of aromatic nitrogens is 2.